The highest BCUT2D eigenvalue weighted by Gasteiger charge is 1.97. The summed E-state index contributed by atoms with van der Waals surface area (Å²) in [6.07, 6.45) is 5.53. The minimum absolute atomic E-state index is 0.442. The van der Waals surface area contributed by atoms with Crippen LogP contribution in [-0.4, -0.2) is 17.9 Å². The summed E-state index contributed by atoms with van der Waals surface area (Å²) >= 11 is 5.12. The minimum Gasteiger partial charge on any atom is -0.494 e. The van der Waals surface area contributed by atoms with Crippen LogP contribution in [-0.2, 0) is 6.54 Å². The standard InChI is InChI=1S/C17H21N3O2S/c1-2-3-10-21-15-8-6-14(7-9-15)12-19-20-17(23)18-13-16-5-4-11-22-16/h4-9,11-12H,2-3,10,13H2,1H3,(H2,18,20,23)/b19-12-. The number of hydrogen-bond donors (Lipinski definition) is 2. The zero-order valence-corrected chi connectivity index (χ0v) is 13.9. The zero-order chi connectivity index (χ0) is 16.3. The quantitative estimate of drug-likeness (QED) is 0.336. The van der Waals surface area contributed by atoms with Gasteiger partial charge in [0.15, 0.2) is 5.11 Å². The van der Waals surface area contributed by atoms with Crippen LogP contribution in [0.25, 0.3) is 0 Å². The summed E-state index contributed by atoms with van der Waals surface area (Å²) in [5, 5.41) is 7.54. The Morgan fingerprint density at radius 3 is 2.83 bits per heavy atom. The third-order valence-electron chi connectivity index (χ3n) is 3.03. The number of ether oxygens (including phenoxy) is 1. The van der Waals surface area contributed by atoms with Gasteiger partial charge >= 0.3 is 0 Å². The van der Waals surface area contributed by atoms with E-state index in [9.17, 15) is 0 Å². The molecule has 0 radical (unpaired) electrons. The molecule has 1 aromatic carbocycles. The Balaban J connectivity index is 1.71. The normalized spacial score (nSPS) is 10.7. The van der Waals surface area contributed by atoms with Crippen molar-refractivity contribution in [2.45, 2.75) is 26.3 Å². The maximum absolute atomic E-state index is 5.61. The van der Waals surface area contributed by atoms with Crippen molar-refractivity contribution in [1.29, 1.82) is 0 Å². The maximum atomic E-state index is 5.61. The van der Waals surface area contributed by atoms with E-state index >= 15 is 0 Å². The van der Waals surface area contributed by atoms with Gasteiger partial charge in [-0.3, -0.25) is 5.43 Å². The molecule has 0 atom stereocenters. The van der Waals surface area contributed by atoms with Crippen molar-refractivity contribution >= 4 is 23.5 Å². The van der Waals surface area contributed by atoms with Gasteiger partial charge in [0.2, 0.25) is 0 Å². The van der Waals surface area contributed by atoms with E-state index in [0.29, 0.717) is 11.7 Å². The molecule has 0 saturated heterocycles. The summed E-state index contributed by atoms with van der Waals surface area (Å²) < 4.78 is 10.8. The van der Waals surface area contributed by atoms with Gasteiger partial charge in [0.05, 0.1) is 25.6 Å². The molecule has 1 aromatic heterocycles. The van der Waals surface area contributed by atoms with Crippen LogP contribution < -0.4 is 15.5 Å². The third-order valence-corrected chi connectivity index (χ3v) is 3.27. The van der Waals surface area contributed by atoms with E-state index < -0.39 is 0 Å². The van der Waals surface area contributed by atoms with Crippen molar-refractivity contribution in [3.8, 4) is 5.75 Å². The predicted octanol–water partition coefficient (Wildman–Crippen LogP) is 3.46. The van der Waals surface area contributed by atoms with Crippen molar-refractivity contribution in [3.63, 3.8) is 0 Å². The summed E-state index contributed by atoms with van der Waals surface area (Å²) in [4.78, 5) is 0. The van der Waals surface area contributed by atoms with Crippen LogP contribution in [0.5, 0.6) is 5.75 Å². The summed E-state index contributed by atoms with van der Waals surface area (Å²) in [5.74, 6) is 1.69. The van der Waals surface area contributed by atoms with E-state index in [1.165, 1.54) is 0 Å². The van der Waals surface area contributed by atoms with Crippen LogP contribution in [0.2, 0.25) is 0 Å². The monoisotopic (exact) mass is 331 g/mol. The van der Waals surface area contributed by atoms with Crippen LogP contribution in [0.3, 0.4) is 0 Å². The Labute approximate surface area is 141 Å². The molecule has 122 valence electrons. The highest BCUT2D eigenvalue weighted by molar-refractivity contribution is 7.80. The Morgan fingerprint density at radius 2 is 2.13 bits per heavy atom. The number of nitrogens with one attached hydrogen (secondary N) is 2. The van der Waals surface area contributed by atoms with Crippen molar-refractivity contribution in [2.24, 2.45) is 5.10 Å². The molecule has 2 aromatic rings. The molecule has 0 spiro atoms. The van der Waals surface area contributed by atoms with Gasteiger partial charge in [-0.25, -0.2) is 0 Å². The van der Waals surface area contributed by atoms with Gasteiger partial charge < -0.3 is 14.5 Å². The molecule has 0 aliphatic heterocycles. The van der Waals surface area contributed by atoms with E-state index in [4.69, 9.17) is 21.4 Å². The van der Waals surface area contributed by atoms with Gasteiger partial charge in [-0.05, 0) is 60.6 Å². The predicted molar refractivity (Wildman–Crippen MR) is 95.7 cm³/mol. The summed E-state index contributed by atoms with van der Waals surface area (Å²) in [6.45, 7) is 3.42. The highest BCUT2D eigenvalue weighted by Crippen LogP contribution is 2.11. The smallest absolute Gasteiger partial charge is 0.187 e. The Bertz CT molecular complexity index is 609. The van der Waals surface area contributed by atoms with Crippen LogP contribution in [0.4, 0.5) is 0 Å². The molecule has 1 heterocycles. The van der Waals surface area contributed by atoms with Crippen LogP contribution >= 0.6 is 12.2 Å². The first-order valence-electron chi connectivity index (χ1n) is 7.60. The summed E-state index contributed by atoms with van der Waals surface area (Å²) in [5.41, 5.74) is 3.73. The van der Waals surface area contributed by atoms with Gasteiger partial charge in [0.1, 0.15) is 11.5 Å². The fourth-order valence-corrected chi connectivity index (χ4v) is 1.89. The lowest BCUT2D eigenvalue weighted by Crippen LogP contribution is -2.31. The average molecular weight is 331 g/mol. The molecular weight excluding hydrogens is 310 g/mol. The number of hydrogen-bond acceptors (Lipinski definition) is 4. The lowest BCUT2D eigenvalue weighted by atomic mass is 10.2. The van der Waals surface area contributed by atoms with Crippen LogP contribution in [0.15, 0.2) is 52.2 Å². The molecule has 6 heteroatoms. The van der Waals surface area contributed by atoms with Crippen molar-refractivity contribution in [2.75, 3.05) is 6.61 Å². The second kappa shape index (κ2) is 9.63. The SMILES string of the molecule is CCCCOc1ccc(/C=N\NC(=S)NCc2ccco2)cc1. The summed E-state index contributed by atoms with van der Waals surface area (Å²) in [7, 11) is 0. The fraction of sp³-hybridized carbons (Fsp3) is 0.294. The van der Waals surface area contributed by atoms with Gasteiger partial charge in [0, 0.05) is 0 Å². The second-order valence-electron chi connectivity index (χ2n) is 4.90. The zero-order valence-electron chi connectivity index (χ0n) is 13.1. The molecule has 0 unspecified atom stereocenters. The maximum Gasteiger partial charge on any atom is 0.187 e. The molecule has 0 bridgehead atoms. The van der Waals surface area contributed by atoms with Gasteiger partial charge in [-0.15, -0.1) is 0 Å². The average Bonchev–Trinajstić information content (AvgIpc) is 3.08. The molecule has 0 aliphatic carbocycles. The summed E-state index contributed by atoms with van der Waals surface area (Å²) in [6, 6.07) is 11.5. The molecule has 2 rings (SSSR count). The van der Waals surface area contributed by atoms with E-state index in [1.54, 1.807) is 12.5 Å². The van der Waals surface area contributed by atoms with Crippen molar-refractivity contribution < 1.29 is 9.15 Å². The fourth-order valence-electron chi connectivity index (χ4n) is 1.77. The van der Waals surface area contributed by atoms with E-state index in [2.05, 4.69) is 22.8 Å². The molecule has 0 aliphatic rings. The number of nitrogens with zero attached hydrogens (tertiary/aromatic N) is 1. The highest BCUT2D eigenvalue weighted by atomic mass is 32.1. The molecule has 2 N–H and O–H groups in total. The van der Waals surface area contributed by atoms with E-state index in [1.807, 2.05) is 36.4 Å². The van der Waals surface area contributed by atoms with Gasteiger partial charge in [0.25, 0.3) is 0 Å². The third kappa shape index (κ3) is 6.52. The van der Waals surface area contributed by atoms with Gasteiger partial charge in [-0.1, -0.05) is 13.3 Å². The van der Waals surface area contributed by atoms with Crippen LogP contribution in [0, 0.1) is 0 Å². The Kier molecular flexibility index (Phi) is 7.13. The Morgan fingerprint density at radius 1 is 1.30 bits per heavy atom. The molecular formula is C17H21N3O2S. The van der Waals surface area contributed by atoms with Gasteiger partial charge in [-0.2, -0.15) is 5.10 Å². The topological polar surface area (TPSA) is 58.8 Å². The molecule has 0 amide bonds. The first-order chi connectivity index (χ1) is 11.3. The lowest BCUT2D eigenvalue weighted by molar-refractivity contribution is 0.309. The number of thiocarbonyl (C=S) groups is 1. The number of unbranched alkanes of at least 4 members (excludes halogenated alkanes) is 1. The number of benzene rings is 1. The number of furan rings is 1. The van der Waals surface area contributed by atoms with Crippen LogP contribution in [0.1, 0.15) is 31.1 Å². The molecule has 0 saturated carbocycles. The molecule has 5 nitrogen and oxygen atoms in total. The van der Waals surface area contributed by atoms with E-state index in [-0.39, 0.29) is 0 Å². The minimum atomic E-state index is 0.442. The molecule has 23 heavy (non-hydrogen) atoms. The van der Waals surface area contributed by atoms with Crippen molar-refractivity contribution in [3.05, 3.63) is 54.0 Å². The van der Waals surface area contributed by atoms with Crippen molar-refractivity contribution in [1.82, 2.24) is 10.7 Å². The number of hydrazone groups is 1. The number of rotatable bonds is 8. The Hall–Kier alpha value is -2.34. The lowest BCUT2D eigenvalue weighted by Gasteiger charge is -2.06. The first kappa shape index (κ1) is 17.0. The molecule has 0 fully saturated rings. The largest absolute Gasteiger partial charge is 0.494 e. The first-order valence-corrected chi connectivity index (χ1v) is 8.01. The van der Waals surface area contributed by atoms with E-state index in [0.717, 1.165) is 36.5 Å². The second-order valence-corrected chi connectivity index (χ2v) is 5.31.